The van der Waals surface area contributed by atoms with Crippen molar-refractivity contribution in [3.8, 4) is 0 Å². The summed E-state index contributed by atoms with van der Waals surface area (Å²) in [5.74, 6) is -14.7. The Morgan fingerprint density at radius 3 is 1.49 bits per heavy atom. The van der Waals surface area contributed by atoms with Crippen LogP contribution in [0.1, 0.15) is 107 Å². The van der Waals surface area contributed by atoms with Gasteiger partial charge >= 0.3 is 17.9 Å². The largest absolute Gasteiger partial charge is 0.481 e. The number of likely N-dealkylation sites (tertiary alicyclic amines) is 1. The van der Waals surface area contributed by atoms with Gasteiger partial charge in [-0.05, 0) is 63.7 Å². The van der Waals surface area contributed by atoms with E-state index in [9.17, 15) is 83.1 Å². The molecule has 16 N–H and O–H groups in total. The van der Waals surface area contributed by atoms with Gasteiger partial charge in [-0.15, -0.1) is 0 Å². The maximum Gasteiger partial charge on any atom is 0.326 e. The van der Waals surface area contributed by atoms with E-state index in [4.69, 9.17) is 11.5 Å². The van der Waals surface area contributed by atoms with Gasteiger partial charge < -0.3 is 79.1 Å². The zero-order valence-electron chi connectivity index (χ0n) is 40.7. The number of rotatable bonds is 30. The van der Waals surface area contributed by atoms with Crippen molar-refractivity contribution >= 4 is 71.1 Å². The SMILES string of the molecule is CC(C)C[C@H](NC(=O)[C@H](CC(=O)O)NC(=O)[C@@H](NC(=O)[C@@H]1CCCN1C(=O)[C@@H](NC(=O)[C@H](CCC(=O)O)NC(=O)[C@@H](NC(=O)[C@H](CC(C)C)NC(=O)[C@@H](N)CC(N)=O)[C@@H](C)O)C(C)C)[C@@H](C)O)C(=O)O. The van der Waals surface area contributed by atoms with Crippen LogP contribution in [0.25, 0.3) is 0 Å². The average molecular weight is 1000 g/mol. The van der Waals surface area contributed by atoms with Crippen molar-refractivity contribution < 1.29 is 83.1 Å². The minimum Gasteiger partial charge on any atom is -0.481 e. The van der Waals surface area contributed by atoms with Crippen LogP contribution in [0.3, 0.4) is 0 Å². The lowest BCUT2D eigenvalue weighted by Gasteiger charge is -2.33. The molecule has 0 aromatic heterocycles. The highest BCUT2D eigenvalue weighted by molar-refractivity contribution is 5.99. The Labute approximate surface area is 404 Å². The highest BCUT2D eigenvalue weighted by Gasteiger charge is 2.42. The zero-order chi connectivity index (χ0) is 53.9. The van der Waals surface area contributed by atoms with E-state index in [-0.39, 0.29) is 44.1 Å². The molecule has 1 rings (SSSR count). The molecular weight excluding hydrogens is 929 g/mol. The van der Waals surface area contributed by atoms with Crippen LogP contribution in [-0.2, 0) is 57.5 Å². The summed E-state index contributed by atoms with van der Waals surface area (Å²) in [5, 5.41) is 65.8. The number of hydrogen-bond acceptors (Lipinski definition) is 15. The quantitative estimate of drug-likeness (QED) is 0.0323. The Hall–Kier alpha value is -6.48. The van der Waals surface area contributed by atoms with E-state index in [2.05, 4.69) is 37.2 Å². The van der Waals surface area contributed by atoms with Crippen molar-refractivity contribution in [3.05, 3.63) is 0 Å². The lowest BCUT2D eigenvalue weighted by Crippen LogP contribution is -2.62. The summed E-state index contributed by atoms with van der Waals surface area (Å²) in [4.78, 5) is 156. The summed E-state index contributed by atoms with van der Waals surface area (Å²) in [6.45, 7) is 12.1. The van der Waals surface area contributed by atoms with Crippen LogP contribution in [0, 0.1) is 17.8 Å². The Bertz CT molecular complexity index is 1910. The number of aliphatic carboxylic acids is 3. The molecule has 1 aliphatic rings. The highest BCUT2D eigenvalue weighted by atomic mass is 16.4. The van der Waals surface area contributed by atoms with Crippen LogP contribution < -0.4 is 48.7 Å². The summed E-state index contributed by atoms with van der Waals surface area (Å²) in [6, 6.07) is -14.1. The number of amides is 9. The Morgan fingerprint density at radius 1 is 0.557 bits per heavy atom. The maximum absolute atomic E-state index is 14.2. The van der Waals surface area contributed by atoms with E-state index in [1.165, 1.54) is 13.8 Å². The fourth-order valence-electron chi connectivity index (χ4n) is 7.26. The van der Waals surface area contributed by atoms with Gasteiger partial charge in [0.15, 0.2) is 0 Å². The number of carboxylic acids is 3. The number of hydrogen-bond donors (Lipinski definition) is 14. The third kappa shape index (κ3) is 20.6. The van der Waals surface area contributed by atoms with E-state index in [1.54, 1.807) is 27.7 Å². The van der Waals surface area contributed by atoms with Crippen molar-refractivity contribution in [1.29, 1.82) is 0 Å². The Kier molecular flexibility index (Phi) is 25.4. The number of nitrogens with zero attached hydrogens (tertiary/aromatic N) is 1. The number of primary amides is 1. The van der Waals surface area contributed by atoms with E-state index < -0.39 is 169 Å². The molecule has 0 aliphatic carbocycles. The maximum atomic E-state index is 14.2. The minimum atomic E-state index is -1.85. The van der Waals surface area contributed by atoms with Gasteiger partial charge in [-0.25, -0.2) is 4.79 Å². The topological polar surface area (TPSA) is 445 Å². The van der Waals surface area contributed by atoms with Crippen molar-refractivity contribution in [3.63, 3.8) is 0 Å². The summed E-state index contributed by atoms with van der Waals surface area (Å²) in [7, 11) is 0. The second kappa shape index (κ2) is 28.9. The van der Waals surface area contributed by atoms with Gasteiger partial charge in [0, 0.05) is 13.0 Å². The van der Waals surface area contributed by atoms with Gasteiger partial charge in [0.1, 0.15) is 48.3 Å². The number of carboxylic acid groups (broad SMARTS) is 3. The smallest absolute Gasteiger partial charge is 0.326 e. The molecule has 1 aliphatic heterocycles. The minimum absolute atomic E-state index is 0.00502. The van der Waals surface area contributed by atoms with Crippen LogP contribution >= 0.6 is 0 Å². The van der Waals surface area contributed by atoms with Crippen molar-refractivity contribution in [1.82, 2.24) is 42.1 Å². The van der Waals surface area contributed by atoms with Gasteiger partial charge in [0.05, 0.1) is 31.1 Å². The van der Waals surface area contributed by atoms with Crippen LogP contribution in [0.15, 0.2) is 0 Å². The first-order valence-electron chi connectivity index (χ1n) is 22.9. The fraction of sp³-hybridized carbons (Fsp3) is 0.721. The molecule has 0 aromatic carbocycles. The van der Waals surface area contributed by atoms with E-state index >= 15 is 0 Å². The van der Waals surface area contributed by atoms with Gasteiger partial charge in [0.25, 0.3) is 0 Å². The molecule has 0 spiro atoms. The van der Waals surface area contributed by atoms with Crippen molar-refractivity contribution in [2.45, 2.75) is 173 Å². The lowest BCUT2D eigenvalue weighted by molar-refractivity contribution is -0.145. The number of carbonyl (C=O) groups excluding carboxylic acids is 9. The molecule has 0 saturated carbocycles. The van der Waals surface area contributed by atoms with Crippen LogP contribution in [0.4, 0.5) is 0 Å². The number of nitrogens with one attached hydrogen (secondary N) is 7. The molecule has 1 saturated heterocycles. The first kappa shape index (κ1) is 61.5. The molecular formula is C43H72N10O17. The standard InChI is InChI=1S/C43H72N10O17/c1-18(2)14-25(47-35(61)23(44)16-29(45)56)38(64)51-33(21(7)54)40(66)46-24(11-12-30(57)58)36(62)50-32(20(5)6)42(68)53-13-9-10-28(53)39(65)52-34(22(8)55)41(67)48-26(17-31(59)60)37(63)49-27(43(69)70)15-19(3)4/h18-28,32-34,54-55H,9-17,44H2,1-8H3,(H2,45,56)(H,46,66)(H,47,61)(H,48,67)(H,49,63)(H,50,62)(H,51,64)(H,52,65)(H,57,58)(H,59,60)(H,69,70)/t21-,22-,23+,24+,25+,26+,27+,28+,32+,33+,34+/m1/s1. The van der Waals surface area contributed by atoms with Gasteiger partial charge in [-0.3, -0.25) is 52.7 Å². The predicted molar refractivity (Wildman–Crippen MR) is 244 cm³/mol. The molecule has 0 bridgehead atoms. The summed E-state index contributed by atoms with van der Waals surface area (Å²) in [6.07, 6.45) is -5.86. The monoisotopic (exact) mass is 1000 g/mol. The normalized spacial score (nSPS) is 17.8. The highest BCUT2D eigenvalue weighted by Crippen LogP contribution is 2.21. The third-order valence-electron chi connectivity index (χ3n) is 10.9. The van der Waals surface area contributed by atoms with Crippen LogP contribution in [0.2, 0.25) is 0 Å². The molecule has 27 heteroatoms. The molecule has 396 valence electrons. The Balaban J connectivity index is 3.35. The lowest BCUT2D eigenvalue weighted by atomic mass is 10.00. The van der Waals surface area contributed by atoms with Gasteiger partial charge in [0.2, 0.25) is 53.2 Å². The first-order chi connectivity index (χ1) is 32.4. The van der Waals surface area contributed by atoms with Crippen molar-refractivity contribution in [2.24, 2.45) is 29.2 Å². The first-order valence-corrected chi connectivity index (χ1v) is 22.9. The second-order valence-corrected chi connectivity index (χ2v) is 18.5. The summed E-state index contributed by atoms with van der Waals surface area (Å²) in [5.41, 5.74) is 10.8. The fourth-order valence-corrected chi connectivity index (χ4v) is 7.26. The number of carbonyl (C=O) groups is 12. The van der Waals surface area contributed by atoms with Gasteiger partial charge in [-0.1, -0.05) is 41.5 Å². The van der Waals surface area contributed by atoms with Crippen LogP contribution in [0.5, 0.6) is 0 Å². The number of nitrogens with two attached hydrogens (primary N) is 2. The second-order valence-electron chi connectivity index (χ2n) is 18.5. The summed E-state index contributed by atoms with van der Waals surface area (Å²) < 4.78 is 0. The Morgan fingerprint density at radius 2 is 1.01 bits per heavy atom. The molecule has 9 amide bonds. The molecule has 0 aromatic rings. The molecule has 0 unspecified atom stereocenters. The summed E-state index contributed by atoms with van der Waals surface area (Å²) >= 11 is 0. The van der Waals surface area contributed by atoms with Gasteiger partial charge in [-0.2, -0.15) is 0 Å². The predicted octanol–water partition coefficient (Wildman–Crippen LogP) is -4.49. The molecule has 0 radical (unpaired) electrons. The number of aliphatic hydroxyl groups is 2. The zero-order valence-corrected chi connectivity index (χ0v) is 40.7. The number of aliphatic hydroxyl groups excluding tert-OH is 2. The molecule has 11 atom stereocenters. The molecule has 70 heavy (non-hydrogen) atoms. The van der Waals surface area contributed by atoms with Crippen LogP contribution in [-0.4, -0.2) is 175 Å². The molecule has 1 fully saturated rings. The molecule has 27 nitrogen and oxygen atoms in total. The average Bonchev–Trinajstić information content (AvgIpc) is 3.73. The molecule has 1 heterocycles. The van der Waals surface area contributed by atoms with E-state index in [0.29, 0.717) is 0 Å². The third-order valence-corrected chi connectivity index (χ3v) is 10.9. The van der Waals surface area contributed by atoms with E-state index in [1.807, 2.05) is 0 Å². The van der Waals surface area contributed by atoms with Crippen molar-refractivity contribution in [2.75, 3.05) is 6.54 Å². The van der Waals surface area contributed by atoms with E-state index in [0.717, 1.165) is 18.7 Å².